The minimum atomic E-state index is -0.000191. The molecule has 2 aromatic rings. The summed E-state index contributed by atoms with van der Waals surface area (Å²) in [6.07, 6.45) is 0.885. The Kier molecular flexibility index (Phi) is 7.63. The van der Waals surface area contributed by atoms with Crippen molar-refractivity contribution >= 4 is 29.1 Å². The molecule has 2 aromatic carbocycles. The van der Waals surface area contributed by atoms with Crippen LogP contribution < -0.4 is 14.2 Å². The molecule has 0 N–H and O–H groups in total. The monoisotopic (exact) mass is 411 g/mol. The molecule has 0 atom stereocenters. The van der Waals surface area contributed by atoms with Gasteiger partial charge in [0.1, 0.15) is 0 Å². The van der Waals surface area contributed by atoms with E-state index in [1.165, 1.54) is 0 Å². The van der Waals surface area contributed by atoms with Crippen LogP contribution in [0.5, 0.6) is 17.2 Å². The Labute approximate surface area is 169 Å². The lowest BCUT2D eigenvalue weighted by atomic mass is 10.1. The maximum Gasteiger partial charge on any atom is 0.222 e. The van der Waals surface area contributed by atoms with Crippen molar-refractivity contribution in [1.82, 2.24) is 4.90 Å². The first-order valence-electron chi connectivity index (χ1n) is 8.37. The standard InChI is InChI=1S/C20H23Cl2NO4/c1-23(12-14-6-5-7-15(21)19(14)22)18(24)9-8-13-10-16(25-2)20(27-4)17(11-13)26-3/h5-7,10-11H,8-9,12H2,1-4H3. The summed E-state index contributed by atoms with van der Waals surface area (Å²) in [6.45, 7) is 0.396. The number of hydrogen-bond donors (Lipinski definition) is 0. The van der Waals surface area contributed by atoms with Gasteiger partial charge in [-0.25, -0.2) is 0 Å². The van der Waals surface area contributed by atoms with Crippen LogP contribution in [0.2, 0.25) is 10.0 Å². The van der Waals surface area contributed by atoms with Crippen molar-refractivity contribution in [1.29, 1.82) is 0 Å². The van der Waals surface area contributed by atoms with Gasteiger partial charge >= 0.3 is 0 Å². The molecule has 0 fully saturated rings. The molecule has 2 rings (SSSR count). The minimum absolute atomic E-state index is 0.000191. The molecule has 0 unspecified atom stereocenters. The predicted octanol–water partition coefficient (Wildman–Crippen LogP) is 4.61. The summed E-state index contributed by atoms with van der Waals surface area (Å²) in [4.78, 5) is 14.1. The van der Waals surface area contributed by atoms with Crippen LogP contribution in [0.4, 0.5) is 0 Å². The number of amides is 1. The molecule has 0 heterocycles. The summed E-state index contributed by atoms with van der Waals surface area (Å²) in [6, 6.07) is 9.10. The number of methoxy groups -OCH3 is 3. The average Bonchev–Trinajstić information content (AvgIpc) is 2.68. The van der Waals surface area contributed by atoms with Crippen molar-refractivity contribution in [3.8, 4) is 17.2 Å². The van der Waals surface area contributed by atoms with Crippen LogP contribution in [-0.4, -0.2) is 39.2 Å². The van der Waals surface area contributed by atoms with E-state index in [2.05, 4.69) is 0 Å². The summed E-state index contributed by atoms with van der Waals surface area (Å²) in [5.74, 6) is 1.67. The van der Waals surface area contributed by atoms with E-state index in [0.717, 1.165) is 11.1 Å². The van der Waals surface area contributed by atoms with Gasteiger partial charge < -0.3 is 19.1 Å². The van der Waals surface area contributed by atoms with Crippen molar-refractivity contribution in [3.05, 3.63) is 51.5 Å². The van der Waals surface area contributed by atoms with E-state index < -0.39 is 0 Å². The maximum absolute atomic E-state index is 12.5. The molecular formula is C20H23Cl2NO4. The van der Waals surface area contributed by atoms with Crippen molar-refractivity contribution in [2.75, 3.05) is 28.4 Å². The average molecular weight is 412 g/mol. The van der Waals surface area contributed by atoms with Gasteiger partial charge in [-0.15, -0.1) is 0 Å². The molecule has 0 bridgehead atoms. The van der Waals surface area contributed by atoms with Gasteiger partial charge in [0.2, 0.25) is 11.7 Å². The molecule has 0 aliphatic carbocycles. The Morgan fingerprint density at radius 3 is 2.22 bits per heavy atom. The van der Waals surface area contributed by atoms with E-state index in [4.69, 9.17) is 37.4 Å². The molecule has 0 aromatic heterocycles. The van der Waals surface area contributed by atoms with Gasteiger partial charge in [-0.05, 0) is 35.7 Å². The molecule has 0 spiro atoms. The molecular weight excluding hydrogens is 389 g/mol. The summed E-state index contributed by atoms with van der Waals surface area (Å²) < 4.78 is 16.0. The largest absolute Gasteiger partial charge is 0.493 e. The van der Waals surface area contributed by atoms with E-state index in [1.807, 2.05) is 24.3 Å². The number of nitrogens with zero attached hydrogens (tertiary/aromatic N) is 1. The first kappa shape index (κ1) is 21.2. The number of aryl methyl sites for hydroxylation is 1. The van der Waals surface area contributed by atoms with Crippen molar-refractivity contribution in [3.63, 3.8) is 0 Å². The Hall–Kier alpha value is -2.11. The lowest BCUT2D eigenvalue weighted by Gasteiger charge is -2.19. The number of ether oxygens (including phenoxy) is 3. The van der Waals surface area contributed by atoms with E-state index in [-0.39, 0.29) is 5.91 Å². The van der Waals surface area contributed by atoms with E-state index in [1.54, 1.807) is 39.3 Å². The Bertz CT molecular complexity index is 786. The van der Waals surface area contributed by atoms with Crippen LogP contribution in [-0.2, 0) is 17.8 Å². The van der Waals surface area contributed by atoms with Crippen LogP contribution in [0.1, 0.15) is 17.5 Å². The molecule has 1 amide bonds. The first-order chi connectivity index (χ1) is 12.9. The topological polar surface area (TPSA) is 48.0 Å². The lowest BCUT2D eigenvalue weighted by Crippen LogP contribution is -2.26. The molecule has 0 radical (unpaired) electrons. The van der Waals surface area contributed by atoms with E-state index in [0.29, 0.717) is 46.7 Å². The smallest absolute Gasteiger partial charge is 0.222 e. The van der Waals surface area contributed by atoms with Crippen molar-refractivity contribution in [2.45, 2.75) is 19.4 Å². The number of carbonyl (C=O) groups is 1. The summed E-state index contributed by atoms with van der Waals surface area (Å²) in [5, 5.41) is 0.955. The van der Waals surface area contributed by atoms with E-state index in [9.17, 15) is 4.79 Å². The number of rotatable bonds is 8. The van der Waals surface area contributed by atoms with Gasteiger partial charge in [-0.1, -0.05) is 35.3 Å². The highest BCUT2D eigenvalue weighted by atomic mass is 35.5. The van der Waals surface area contributed by atoms with Crippen LogP contribution >= 0.6 is 23.2 Å². The highest BCUT2D eigenvalue weighted by molar-refractivity contribution is 6.42. The Balaban J connectivity index is 2.05. The van der Waals surface area contributed by atoms with Crippen LogP contribution in [0.3, 0.4) is 0 Å². The molecule has 0 saturated heterocycles. The molecule has 27 heavy (non-hydrogen) atoms. The number of hydrogen-bond acceptors (Lipinski definition) is 4. The Morgan fingerprint density at radius 2 is 1.67 bits per heavy atom. The van der Waals surface area contributed by atoms with Gasteiger partial charge in [-0.3, -0.25) is 4.79 Å². The third kappa shape index (κ3) is 5.21. The van der Waals surface area contributed by atoms with Gasteiger partial charge in [0.15, 0.2) is 11.5 Å². The fraction of sp³-hybridized carbons (Fsp3) is 0.350. The van der Waals surface area contributed by atoms with E-state index >= 15 is 0 Å². The van der Waals surface area contributed by atoms with Gasteiger partial charge in [0, 0.05) is 20.0 Å². The molecule has 7 heteroatoms. The quantitative estimate of drug-likeness (QED) is 0.636. The zero-order valence-corrected chi connectivity index (χ0v) is 17.4. The second-order valence-electron chi connectivity index (χ2n) is 6.00. The molecule has 5 nitrogen and oxygen atoms in total. The molecule has 146 valence electrons. The second kappa shape index (κ2) is 9.72. The SMILES string of the molecule is COc1cc(CCC(=O)N(C)Cc2cccc(Cl)c2Cl)cc(OC)c1OC. The summed E-state index contributed by atoms with van der Waals surface area (Å²) in [7, 11) is 6.43. The number of halogens is 2. The van der Waals surface area contributed by atoms with Gasteiger partial charge in [-0.2, -0.15) is 0 Å². The maximum atomic E-state index is 12.5. The zero-order chi connectivity index (χ0) is 20.0. The van der Waals surface area contributed by atoms with Gasteiger partial charge in [0.05, 0.1) is 31.4 Å². The van der Waals surface area contributed by atoms with Crippen molar-refractivity contribution < 1.29 is 19.0 Å². The summed E-state index contributed by atoms with van der Waals surface area (Å²) in [5.41, 5.74) is 1.74. The molecule has 0 aliphatic rings. The second-order valence-corrected chi connectivity index (χ2v) is 6.78. The third-order valence-corrected chi connectivity index (χ3v) is 5.07. The summed E-state index contributed by atoms with van der Waals surface area (Å²) >= 11 is 12.2. The zero-order valence-electron chi connectivity index (χ0n) is 15.8. The highest BCUT2D eigenvalue weighted by Crippen LogP contribution is 2.38. The minimum Gasteiger partial charge on any atom is -0.493 e. The lowest BCUT2D eigenvalue weighted by molar-refractivity contribution is -0.130. The molecule has 0 aliphatic heterocycles. The molecule has 0 saturated carbocycles. The number of carbonyl (C=O) groups excluding carboxylic acids is 1. The fourth-order valence-corrected chi connectivity index (χ4v) is 3.12. The number of benzene rings is 2. The van der Waals surface area contributed by atoms with Crippen LogP contribution in [0, 0.1) is 0 Å². The van der Waals surface area contributed by atoms with Crippen LogP contribution in [0.15, 0.2) is 30.3 Å². The van der Waals surface area contributed by atoms with Gasteiger partial charge in [0.25, 0.3) is 0 Å². The predicted molar refractivity (Wildman–Crippen MR) is 107 cm³/mol. The van der Waals surface area contributed by atoms with Crippen molar-refractivity contribution in [2.24, 2.45) is 0 Å². The third-order valence-electron chi connectivity index (χ3n) is 4.22. The Morgan fingerprint density at radius 1 is 1.04 bits per heavy atom. The van der Waals surface area contributed by atoms with Crippen LogP contribution in [0.25, 0.3) is 0 Å². The highest BCUT2D eigenvalue weighted by Gasteiger charge is 2.16. The normalized spacial score (nSPS) is 10.4. The fourth-order valence-electron chi connectivity index (χ4n) is 2.74. The first-order valence-corrected chi connectivity index (χ1v) is 9.12.